The average Bonchev–Trinajstić information content (AvgIpc) is 2.87. The molecule has 1 saturated heterocycles. The van der Waals surface area contributed by atoms with Crippen molar-refractivity contribution in [3.8, 4) is 5.75 Å². The van der Waals surface area contributed by atoms with Crippen molar-refractivity contribution in [2.45, 2.75) is 45.8 Å². The maximum absolute atomic E-state index is 13.3. The quantitative estimate of drug-likeness (QED) is 0.296. The number of ether oxygens (including phenoxy) is 1. The van der Waals surface area contributed by atoms with Crippen LogP contribution in [0.4, 0.5) is 9.18 Å². The van der Waals surface area contributed by atoms with E-state index in [4.69, 9.17) is 19.1 Å². The molecule has 0 atom stereocenters. The fraction of sp³-hybridized carbons (Fsp3) is 0.480. The van der Waals surface area contributed by atoms with E-state index < -0.39 is 7.91 Å². The Morgan fingerprint density at radius 1 is 1.14 bits per heavy atom. The first-order chi connectivity index (χ1) is 17.2. The van der Waals surface area contributed by atoms with Gasteiger partial charge in [-0.05, 0) is 41.3 Å². The number of nitrogens with zero attached hydrogens (tertiary/aromatic N) is 1. The lowest BCUT2D eigenvalue weighted by molar-refractivity contribution is -0.885. The molecule has 9 nitrogen and oxygen atoms in total. The molecule has 0 aliphatic carbocycles. The van der Waals surface area contributed by atoms with Gasteiger partial charge >= 0.3 is 13.9 Å². The summed E-state index contributed by atoms with van der Waals surface area (Å²) < 4.78 is 39.2. The molecule has 1 aliphatic heterocycles. The van der Waals surface area contributed by atoms with Crippen LogP contribution in [-0.4, -0.2) is 43.7 Å². The Balaban J connectivity index is 0.00000104. The van der Waals surface area contributed by atoms with Gasteiger partial charge in [0, 0.05) is 33.4 Å². The van der Waals surface area contributed by atoms with Gasteiger partial charge in [-0.25, -0.2) is 18.3 Å². The van der Waals surface area contributed by atoms with Crippen molar-refractivity contribution < 1.29 is 39.3 Å². The van der Waals surface area contributed by atoms with Gasteiger partial charge in [0.25, 0.3) is 0 Å². The second-order valence-corrected chi connectivity index (χ2v) is 9.84. The van der Waals surface area contributed by atoms with E-state index in [1.807, 2.05) is 29.2 Å². The Morgan fingerprint density at radius 3 is 2.22 bits per heavy atom. The van der Waals surface area contributed by atoms with Gasteiger partial charge in [0.05, 0.1) is 26.7 Å². The molecule has 0 unspecified atom stereocenters. The third-order valence-electron chi connectivity index (χ3n) is 5.79. The van der Waals surface area contributed by atoms with Crippen LogP contribution in [0.2, 0.25) is 0 Å². The molecule has 2 N–H and O–H groups in total. The maximum atomic E-state index is 13.3. The zero-order valence-electron chi connectivity index (χ0n) is 20.9. The molecule has 0 radical (unpaired) electrons. The van der Waals surface area contributed by atoms with E-state index in [1.54, 1.807) is 12.1 Å². The number of hydrogen-bond acceptors (Lipinski definition) is 6. The molecule has 0 saturated carbocycles. The first kappa shape index (κ1) is 29.5. The summed E-state index contributed by atoms with van der Waals surface area (Å²) in [4.78, 5) is 16.5. The molecular weight excluding hydrogens is 488 g/mol. The lowest BCUT2D eigenvalue weighted by Crippen LogP contribution is -3.10. The van der Waals surface area contributed by atoms with E-state index in [0.29, 0.717) is 25.6 Å². The maximum Gasteiger partial charge on any atom is 0.458 e. The molecular formula is C25H37FN3O6P. The van der Waals surface area contributed by atoms with Gasteiger partial charge in [-0.2, -0.15) is 0 Å². The van der Waals surface area contributed by atoms with Crippen molar-refractivity contribution in [2.75, 3.05) is 26.7 Å². The second-order valence-electron chi connectivity index (χ2n) is 9.25. The summed E-state index contributed by atoms with van der Waals surface area (Å²) in [5, 5.41) is 11.6. The summed E-state index contributed by atoms with van der Waals surface area (Å²) in [6, 6.07) is 14.4. The summed E-state index contributed by atoms with van der Waals surface area (Å²) >= 11 is 0. The molecule has 2 amide bonds. The number of nitrogens with one attached hydrogen (secondary N) is 2. The van der Waals surface area contributed by atoms with Gasteiger partial charge in [-0.1, -0.05) is 38.1 Å². The van der Waals surface area contributed by atoms with Crippen molar-refractivity contribution in [2.24, 2.45) is 5.92 Å². The highest BCUT2D eigenvalue weighted by atomic mass is 31.1. The van der Waals surface area contributed by atoms with Gasteiger partial charge in [0.1, 0.15) is 11.6 Å². The predicted octanol–water partition coefficient (Wildman–Crippen LogP) is 2.86. The van der Waals surface area contributed by atoms with Gasteiger partial charge < -0.3 is 29.8 Å². The Morgan fingerprint density at radius 2 is 1.69 bits per heavy atom. The van der Waals surface area contributed by atoms with Crippen LogP contribution in [0.25, 0.3) is 0 Å². The zero-order valence-corrected chi connectivity index (χ0v) is 21.8. The van der Waals surface area contributed by atoms with Crippen LogP contribution in [0.1, 0.15) is 39.2 Å². The number of piperidine rings is 1. The van der Waals surface area contributed by atoms with E-state index in [2.05, 4.69) is 30.9 Å². The van der Waals surface area contributed by atoms with Gasteiger partial charge in [-0.3, -0.25) is 0 Å². The Labute approximate surface area is 213 Å². The van der Waals surface area contributed by atoms with Crippen molar-refractivity contribution in [1.29, 1.82) is 0 Å². The molecule has 0 aromatic heterocycles. The molecule has 3 rings (SSSR count). The van der Waals surface area contributed by atoms with Gasteiger partial charge in [0.2, 0.25) is 0 Å². The Bertz CT molecular complexity index is 992. The minimum Gasteiger partial charge on any atom is -0.710 e. The molecule has 2 aromatic carbocycles. The Kier molecular flexibility index (Phi) is 12.6. The number of benzene rings is 2. The predicted molar refractivity (Wildman–Crippen MR) is 132 cm³/mol. The smallest absolute Gasteiger partial charge is 0.458 e. The summed E-state index contributed by atoms with van der Waals surface area (Å²) in [6.45, 7) is 7.97. The number of quaternary nitrogens is 1. The van der Waals surface area contributed by atoms with E-state index in [9.17, 15) is 9.18 Å². The van der Waals surface area contributed by atoms with Gasteiger partial charge in [0.15, 0.2) is 0 Å². The molecule has 36 heavy (non-hydrogen) atoms. The number of carbonyl (C=O) groups is 1. The highest BCUT2D eigenvalue weighted by molar-refractivity contribution is 7.24. The summed E-state index contributed by atoms with van der Waals surface area (Å²) in [7, 11) is -0.964. The SMILES string of the molecule is CC(C)COc1ccc(CNC(=O)N(Cc2ccc(F)cc2)C2CC[NH+](C)CC2)cc1.O=P(=O)O[O-].[HH]. The molecule has 200 valence electrons. The third kappa shape index (κ3) is 10.9. The van der Waals surface area contributed by atoms with Crippen molar-refractivity contribution in [1.82, 2.24) is 10.2 Å². The van der Waals surface area contributed by atoms with Crippen molar-refractivity contribution in [3.63, 3.8) is 0 Å². The molecule has 0 bridgehead atoms. The molecule has 1 fully saturated rings. The summed E-state index contributed by atoms with van der Waals surface area (Å²) in [5.74, 6) is 1.06. The molecule has 1 heterocycles. The number of urea groups is 1. The number of amides is 2. The van der Waals surface area contributed by atoms with Crippen LogP contribution in [0.15, 0.2) is 48.5 Å². The lowest BCUT2D eigenvalue weighted by atomic mass is 10.0. The summed E-state index contributed by atoms with van der Waals surface area (Å²) in [5.41, 5.74) is 1.97. The standard InChI is InChI=1S/C25H34FN3O2.HO4P.H2/c1-19(2)18-31-24-10-6-20(7-11-24)16-27-25(30)29(23-12-14-28(3)15-13-23)17-21-4-8-22(26)9-5-21;1-4-5(2)3;/h4-11,19,23H,12-18H2,1-3H3,(H,27,30);1H;1H. The normalized spacial score (nSPS) is 17.1. The minimum absolute atomic E-state index is 0. The van der Waals surface area contributed by atoms with Crippen molar-refractivity contribution in [3.05, 3.63) is 65.5 Å². The van der Waals surface area contributed by atoms with E-state index >= 15 is 0 Å². The zero-order chi connectivity index (χ0) is 26.5. The third-order valence-corrected chi connectivity index (χ3v) is 5.91. The second kappa shape index (κ2) is 15.4. The minimum atomic E-state index is -3.15. The van der Waals surface area contributed by atoms with E-state index in [1.165, 1.54) is 17.0 Å². The van der Waals surface area contributed by atoms with Crippen LogP contribution >= 0.6 is 7.91 Å². The number of likely N-dealkylation sites (tertiary alicyclic amines) is 1. The van der Waals surface area contributed by atoms with Crippen molar-refractivity contribution >= 4 is 13.9 Å². The van der Waals surface area contributed by atoms with Crippen LogP contribution in [0.3, 0.4) is 0 Å². The van der Waals surface area contributed by atoms with E-state index in [-0.39, 0.29) is 19.3 Å². The number of carbonyl (C=O) groups excluding carboxylic acids is 1. The molecule has 1 aliphatic rings. The first-order valence-electron chi connectivity index (χ1n) is 11.9. The highest BCUT2D eigenvalue weighted by Gasteiger charge is 2.28. The van der Waals surface area contributed by atoms with Crippen LogP contribution in [0, 0.1) is 11.7 Å². The number of hydrogen-bond donors (Lipinski definition) is 2. The topological polar surface area (TPSA) is 112 Å². The Hall–Kier alpha value is -2.78. The fourth-order valence-corrected chi connectivity index (χ4v) is 3.81. The lowest BCUT2D eigenvalue weighted by Gasteiger charge is -2.36. The van der Waals surface area contributed by atoms with Gasteiger partial charge in [-0.15, -0.1) is 0 Å². The molecule has 11 heteroatoms. The largest absolute Gasteiger partial charge is 0.710 e. The molecule has 0 spiro atoms. The summed E-state index contributed by atoms with van der Waals surface area (Å²) in [6.07, 6.45) is 1.95. The fourth-order valence-electron chi connectivity index (χ4n) is 3.81. The first-order valence-corrected chi connectivity index (χ1v) is 13.0. The van der Waals surface area contributed by atoms with Crippen LogP contribution in [-0.2, 0) is 26.9 Å². The van der Waals surface area contributed by atoms with Crippen LogP contribution < -0.4 is 20.2 Å². The van der Waals surface area contributed by atoms with E-state index in [0.717, 1.165) is 42.8 Å². The average molecular weight is 526 g/mol. The van der Waals surface area contributed by atoms with Crippen LogP contribution in [0.5, 0.6) is 5.75 Å². The number of rotatable bonds is 9. The number of halogens is 1. The monoisotopic (exact) mass is 525 g/mol. The molecule has 2 aromatic rings. The highest BCUT2D eigenvalue weighted by Crippen LogP contribution is 2.17.